The van der Waals surface area contributed by atoms with Gasteiger partial charge in [-0.15, -0.1) is 0 Å². The lowest BCUT2D eigenvalue weighted by molar-refractivity contribution is -0.138. The van der Waals surface area contributed by atoms with Crippen LogP contribution in [0.1, 0.15) is 5.56 Å². The number of carboxylic acids is 1. The summed E-state index contributed by atoms with van der Waals surface area (Å²) >= 11 is 0. The van der Waals surface area contributed by atoms with Gasteiger partial charge in [0.1, 0.15) is 5.82 Å². The molecule has 1 aromatic carbocycles. The lowest BCUT2D eigenvalue weighted by Crippen LogP contribution is -2.51. The number of rotatable bonds is 3. The smallest absolute Gasteiger partial charge is 0.321 e. The molecule has 0 saturated carbocycles. The maximum atomic E-state index is 13.4. The molecule has 0 unspecified atom stereocenters. The number of carbonyl (C=O) groups is 2. The second kappa shape index (κ2) is 6.53. The van der Waals surface area contributed by atoms with Gasteiger partial charge in [-0.05, 0) is 24.6 Å². The van der Waals surface area contributed by atoms with Gasteiger partial charge in [0, 0.05) is 31.9 Å². The summed E-state index contributed by atoms with van der Waals surface area (Å²) in [6, 6.07) is 4.24. The number of halogens is 1. The molecule has 1 saturated heterocycles. The summed E-state index contributed by atoms with van der Waals surface area (Å²) in [5, 5.41) is 11.4. The quantitative estimate of drug-likeness (QED) is 0.883. The zero-order valence-corrected chi connectivity index (χ0v) is 11.8. The first kappa shape index (κ1) is 15.2. The minimum atomic E-state index is -0.872. The van der Waals surface area contributed by atoms with Crippen LogP contribution in [0.5, 0.6) is 0 Å². The normalized spacial score (nSPS) is 15.8. The van der Waals surface area contributed by atoms with E-state index in [4.69, 9.17) is 5.11 Å². The first-order chi connectivity index (χ1) is 9.95. The number of anilines is 1. The lowest BCUT2D eigenvalue weighted by atomic mass is 10.2. The molecule has 0 aromatic heterocycles. The van der Waals surface area contributed by atoms with E-state index < -0.39 is 5.97 Å². The molecule has 114 valence electrons. The molecule has 7 heteroatoms. The van der Waals surface area contributed by atoms with Crippen molar-refractivity contribution in [3.8, 4) is 0 Å². The number of aliphatic carboxylic acids is 1. The molecule has 6 nitrogen and oxygen atoms in total. The summed E-state index contributed by atoms with van der Waals surface area (Å²) in [6.45, 7) is 3.58. The van der Waals surface area contributed by atoms with Gasteiger partial charge in [-0.1, -0.05) is 6.07 Å². The zero-order valence-electron chi connectivity index (χ0n) is 11.8. The van der Waals surface area contributed by atoms with Crippen LogP contribution in [-0.2, 0) is 4.79 Å². The molecule has 1 aliphatic rings. The summed E-state index contributed by atoms with van der Waals surface area (Å²) in [7, 11) is 0. The van der Waals surface area contributed by atoms with Gasteiger partial charge >= 0.3 is 12.0 Å². The average Bonchev–Trinajstić information content (AvgIpc) is 2.43. The molecular formula is C14H18FN3O3. The van der Waals surface area contributed by atoms with E-state index in [1.807, 2.05) is 0 Å². The van der Waals surface area contributed by atoms with Gasteiger partial charge < -0.3 is 15.3 Å². The summed E-state index contributed by atoms with van der Waals surface area (Å²) in [4.78, 5) is 26.0. The summed E-state index contributed by atoms with van der Waals surface area (Å²) in [5.74, 6) is -1.23. The Bertz CT molecular complexity index is 542. The third-order valence-corrected chi connectivity index (χ3v) is 3.44. The van der Waals surface area contributed by atoms with Crippen LogP contribution in [0.3, 0.4) is 0 Å². The molecule has 0 aliphatic carbocycles. The fourth-order valence-electron chi connectivity index (χ4n) is 2.17. The fraction of sp³-hybridized carbons (Fsp3) is 0.429. The molecule has 2 amide bonds. The van der Waals surface area contributed by atoms with Crippen LogP contribution in [0.2, 0.25) is 0 Å². The lowest BCUT2D eigenvalue weighted by Gasteiger charge is -2.33. The third kappa shape index (κ3) is 4.16. The van der Waals surface area contributed by atoms with E-state index in [1.165, 1.54) is 6.07 Å². The highest BCUT2D eigenvalue weighted by Gasteiger charge is 2.22. The molecule has 21 heavy (non-hydrogen) atoms. The first-order valence-corrected chi connectivity index (χ1v) is 6.72. The highest BCUT2D eigenvalue weighted by atomic mass is 19.1. The van der Waals surface area contributed by atoms with Crippen LogP contribution in [0.15, 0.2) is 18.2 Å². The average molecular weight is 295 g/mol. The van der Waals surface area contributed by atoms with Crippen molar-refractivity contribution in [3.05, 3.63) is 29.6 Å². The molecule has 2 rings (SSSR count). The van der Waals surface area contributed by atoms with E-state index in [0.29, 0.717) is 37.4 Å². The highest BCUT2D eigenvalue weighted by Crippen LogP contribution is 2.14. The number of nitrogens with zero attached hydrogens (tertiary/aromatic N) is 2. The van der Waals surface area contributed by atoms with Gasteiger partial charge in [0.25, 0.3) is 0 Å². The highest BCUT2D eigenvalue weighted by molar-refractivity contribution is 5.89. The van der Waals surface area contributed by atoms with Gasteiger partial charge in [0.05, 0.1) is 6.54 Å². The van der Waals surface area contributed by atoms with Crippen LogP contribution in [0.4, 0.5) is 14.9 Å². The Morgan fingerprint density at radius 1 is 1.29 bits per heavy atom. The SMILES string of the molecule is Cc1ccc(NC(=O)N2CCN(CC(=O)O)CC2)cc1F. The zero-order chi connectivity index (χ0) is 15.4. The van der Waals surface area contributed by atoms with Gasteiger partial charge in [-0.3, -0.25) is 9.69 Å². The van der Waals surface area contributed by atoms with E-state index in [1.54, 1.807) is 28.9 Å². The third-order valence-electron chi connectivity index (χ3n) is 3.44. The van der Waals surface area contributed by atoms with E-state index in [0.717, 1.165) is 0 Å². The first-order valence-electron chi connectivity index (χ1n) is 6.72. The Labute approximate surface area is 122 Å². The number of aryl methyl sites for hydroxylation is 1. The minimum absolute atomic E-state index is 0.0152. The van der Waals surface area contributed by atoms with Gasteiger partial charge in [0.15, 0.2) is 0 Å². The van der Waals surface area contributed by atoms with Gasteiger partial charge in [-0.25, -0.2) is 9.18 Å². The molecule has 1 aliphatic heterocycles. The molecule has 0 bridgehead atoms. The van der Waals surface area contributed by atoms with Crippen LogP contribution in [0.25, 0.3) is 0 Å². The molecule has 1 fully saturated rings. The van der Waals surface area contributed by atoms with Crippen molar-refractivity contribution in [2.45, 2.75) is 6.92 Å². The second-order valence-corrected chi connectivity index (χ2v) is 5.05. The largest absolute Gasteiger partial charge is 0.480 e. The second-order valence-electron chi connectivity index (χ2n) is 5.05. The molecule has 0 atom stereocenters. The van der Waals surface area contributed by atoms with E-state index in [9.17, 15) is 14.0 Å². The number of hydrogen-bond acceptors (Lipinski definition) is 3. The number of amides is 2. The van der Waals surface area contributed by atoms with Gasteiger partial charge in [0.2, 0.25) is 0 Å². The van der Waals surface area contributed by atoms with Crippen LogP contribution in [-0.4, -0.2) is 59.6 Å². The number of carboxylic acid groups (broad SMARTS) is 1. The number of benzene rings is 1. The number of urea groups is 1. The molecule has 1 heterocycles. The molecular weight excluding hydrogens is 277 g/mol. The van der Waals surface area contributed by atoms with Gasteiger partial charge in [-0.2, -0.15) is 0 Å². The van der Waals surface area contributed by atoms with Crippen molar-refractivity contribution in [1.29, 1.82) is 0 Å². The standard InChI is InChI=1S/C14H18FN3O3/c1-10-2-3-11(8-12(10)15)16-14(21)18-6-4-17(5-7-18)9-13(19)20/h2-3,8H,4-7,9H2,1H3,(H,16,21)(H,19,20). The number of hydrogen-bond donors (Lipinski definition) is 2. The summed E-state index contributed by atoms with van der Waals surface area (Å²) in [5.41, 5.74) is 0.936. The number of nitrogens with one attached hydrogen (secondary N) is 1. The summed E-state index contributed by atoms with van der Waals surface area (Å²) in [6.07, 6.45) is 0. The Morgan fingerprint density at radius 3 is 2.52 bits per heavy atom. The van der Waals surface area contributed by atoms with Crippen molar-refractivity contribution in [2.75, 3.05) is 38.0 Å². The molecule has 2 N–H and O–H groups in total. The molecule has 1 aromatic rings. The van der Waals surface area contributed by atoms with Crippen LogP contribution in [0, 0.1) is 12.7 Å². The van der Waals surface area contributed by atoms with E-state index in [-0.39, 0.29) is 18.4 Å². The maximum absolute atomic E-state index is 13.4. The van der Waals surface area contributed by atoms with Crippen molar-refractivity contribution < 1.29 is 19.1 Å². The van der Waals surface area contributed by atoms with Crippen LogP contribution < -0.4 is 5.32 Å². The molecule has 0 radical (unpaired) electrons. The van der Waals surface area contributed by atoms with Crippen molar-refractivity contribution in [1.82, 2.24) is 9.80 Å². The van der Waals surface area contributed by atoms with Crippen molar-refractivity contribution in [3.63, 3.8) is 0 Å². The maximum Gasteiger partial charge on any atom is 0.321 e. The number of carbonyl (C=O) groups excluding carboxylic acids is 1. The predicted molar refractivity (Wildman–Crippen MR) is 75.8 cm³/mol. The minimum Gasteiger partial charge on any atom is -0.480 e. The number of piperazine rings is 1. The Morgan fingerprint density at radius 2 is 1.95 bits per heavy atom. The van der Waals surface area contributed by atoms with E-state index >= 15 is 0 Å². The summed E-state index contributed by atoms with van der Waals surface area (Å²) < 4.78 is 13.4. The Kier molecular flexibility index (Phi) is 4.74. The predicted octanol–water partition coefficient (Wildman–Crippen LogP) is 1.37. The van der Waals surface area contributed by atoms with Crippen LogP contribution >= 0.6 is 0 Å². The molecule has 0 spiro atoms. The fourth-order valence-corrected chi connectivity index (χ4v) is 2.17. The van der Waals surface area contributed by atoms with E-state index in [2.05, 4.69) is 5.32 Å². The monoisotopic (exact) mass is 295 g/mol. The Balaban J connectivity index is 1.87. The van der Waals surface area contributed by atoms with Crippen molar-refractivity contribution in [2.24, 2.45) is 0 Å². The Hall–Kier alpha value is -2.15. The van der Waals surface area contributed by atoms with Crippen molar-refractivity contribution >= 4 is 17.7 Å². The topological polar surface area (TPSA) is 72.9 Å².